The van der Waals surface area contributed by atoms with Gasteiger partial charge < -0.3 is 33.9 Å². The van der Waals surface area contributed by atoms with Crippen LogP contribution in [0.25, 0.3) is 15.6 Å². The van der Waals surface area contributed by atoms with Crippen LogP contribution in [0.15, 0.2) is 49.1 Å². The number of methoxy groups -OCH3 is 1. The number of likely N-dealkylation sites (tertiary alicyclic amines) is 1. The summed E-state index contributed by atoms with van der Waals surface area (Å²) in [5.74, 6) is 0.679. The number of carbonyl (C=O) groups is 1. The number of halogens is 1. The van der Waals surface area contributed by atoms with Crippen molar-refractivity contribution in [2.75, 3.05) is 83.0 Å². The van der Waals surface area contributed by atoms with E-state index in [0.717, 1.165) is 64.6 Å². The lowest BCUT2D eigenvalue weighted by Crippen LogP contribution is -2.59. The van der Waals surface area contributed by atoms with Crippen LogP contribution >= 0.6 is 11.6 Å². The van der Waals surface area contributed by atoms with Crippen LogP contribution < -0.4 is 14.5 Å². The third-order valence-electron chi connectivity index (χ3n) is 8.91. The van der Waals surface area contributed by atoms with Gasteiger partial charge in [-0.05, 0) is 37.1 Å². The van der Waals surface area contributed by atoms with Crippen molar-refractivity contribution in [2.24, 2.45) is 5.41 Å². The highest BCUT2D eigenvalue weighted by Crippen LogP contribution is 2.38. The second-order valence-electron chi connectivity index (χ2n) is 12.1. The van der Waals surface area contributed by atoms with Crippen molar-refractivity contribution in [3.05, 3.63) is 76.8 Å². The van der Waals surface area contributed by atoms with Gasteiger partial charge in [-0.25, -0.2) is 6.57 Å². The number of hydrogen-bond acceptors (Lipinski definition) is 8. The first kappa shape index (κ1) is 30.1. The van der Waals surface area contributed by atoms with Crippen LogP contribution in [-0.4, -0.2) is 105 Å². The Balaban J connectivity index is 1.34. The summed E-state index contributed by atoms with van der Waals surface area (Å²) in [7, 11) is 3.81. The van der Waals surface area contributed by atoms with E-state index in [2.05, 4.69) is 57.4 Å². The molecule has 6 rings (SSSR count). The molecule has 2 aromatic carbocycles. The van der Waals surface area contributed by atoms with E-state index in [1.165, 1.54) is 6.08 Å². The summed E-state index contributed by atoms with van der Waals surface area (Å²) in [6, 6.07) is 12.3. The number of benzene rings is 2. The molecule has 3 aliphatic heterocycles. The molecule has 44 heavy (non-hydrogen) atoms. The van der Waals surface area contributed by atoms with E-state index >= 15 is 0 Å². The normalized spacial score (nSPS) is 19.7. The van der Waals surface area contributed by atoms with Crippen LogP contribution in [0, 0.1) is 12.0 Å². The quantitative estimate of drug-likeness (QED) is 0.265. The molecule has 0 unspecified atom stereocenters. The predicted octanol–water partition coefficient (Wildman–Crippen LogP) is 3.93. The Hall–Kier alpha value is -3.91. The fourth-order valence-corrected chi connectivity index (χ4v) is 7.30. The van der Waals surface area contributed by atoms with Crippen molar-refractivity contribution in [3.63, 3.8) is 0 Å². The molecule has 1 atom stereocenters. The van der Waals surface area contributed by atoms with Crippen LogP contribution in [0.3, 0.4) is 0 Å². The van der Waals surface area contributed by atoms with E-state index in [9.17, 15) is 4.79 Å². The number of hydrogen-bond donors (Lipinski definition) is 0. The third kappa shape index (κ3) is 5.80. The third-order valence-corrected chi connectivity index (χ3v) is 9.22. The molecule has 0 spiro atoms. The van der Waals surface area contributed by atoms with E-state index in [1.807, 2.05) is 12.1 Å². The molecule has 0 N–H and O–H groups in total. The molecule has 2 saturated heterocycles. The zero-order valence-corrected chi connectivity index (χ0v) is 26.1. The number of piperazine rings is 1. The molecule has 0 aliphatic carbocycles. The van der Waals surface area contributed by atoms with Crippen molar-refractivity contribution in [1.82, 2.24) is 19.8 Å². The van der Waals surface area contributed by atoms with Gasteiger partial charge in [-0.15, -0.1) is 0 Å². The average Bonchev–Trinajstić information content (AvgIpc) is 3.02. The largest absolute Gasteiger partial charge is 0.463 e. The van der Waals surface area contributed by atoms with Gasteiger partial charge in [-0.3, -0.25) is 4.79 Å². The lowest BCUT2D eigenvalue weighted by atomic mass is 9.82. The molecule has 4 heterocycles. The molecule has 2 fully saturated rings. The topological polar surface area (TPSA) is 78.6 Å². The van der Waals surface area contributed by atoms with Gasteiger partial charge in [-0.1, -0.05) is 42.4 Å². The summed E-state index contributed by atoms with van der Waals surface area (Å²) in [5, 5.41) is 2.86. The minimum atomic E-state index is -0.255. The zero-order chi connectivity index (χ0) is 30.8. The molecule has 0 saturated carbocycles. The summed E-state index contributed by atoms with van der Waals surface area (Å²) >= 11 is 6.71. The maximum absolute atomic E-state index is 12.6. The van der Waals surface area contributed by atoms with Crippen LogP contribution in [0.2, 0.25) is 5.02 Å². The maximum Gasteiger partial charge on any atom is 0.318 e. The molecule has 3 aliphatic rings. The van der Waals surface area contributed by atoms with Crippen molar-refractivity contribution in [1.29, 1.82) is 0 Å². The Morgan fingerprint density at radius 1 is 1.16 bits per heavy atom. The Labute approximate surface area is 263 Å². The van der Waals surface area contributed by atoms with Gasteiger partial charge in [0.2, 0.25) is 12.5 Å². The molecule has 0 bridgehead atoms. The van der Waals surface area contributed by atoms with Crippen LogP contribution in [0.4, 0.5) is 11.5 Å². The molecular formula is C33H38ClN7O3. The first-order valence-corrected chi connectivity index (χ1v) is 15.4. The molecule has 11 heteroatoms. The van der Waals surface area contributed by atoms with Crippen LogP contribution in [0.5, 0.6) is 6.01 Å². The van der Waals surface area contributed by atoms with Crippen molar-refractivity contribution in [3.8, 4) is 6.01 Å². The van der Waals surface area contributed by atoms with Gasteiger partial charge in [0.05, 0.1) is 29.3 Å². The smallest absolute Gasteiger partial charge is 0.318 e. The highest BCUT2D eigenvalue weighted by atomic mass is 35.5. The minimum absolute atomic E-state index is 0.105. The first-order chi connectivity index (χ1) is 21.3. The number of nitrogens with zero attached hydrogens (tertiary/aromatic N) is 7. The van der Waals surface area contributed by atoms with Gasteiger partial charge in [-0.2, -0.15) is 9.97 Å². The molecular weight excluding hydrogens is 578 g/mol. The Bertz CT molecular complexity index is 1590. The first-order valence-electron chi connectivity index (χ1n) is 15.0. The zero-order valence-electron chi connectivity index (χ0n) is 25.3. The lowest BCUT2D eigenvalue weighted by molar-refractivity contribution is -0.128. The fourth-order valence-electron chi connectivity index (χ4n) is 7.02. The molecule has 3 aromatic rings. The summed E-state index contributed by atoms with van der Waals surface area (Å²) in [5.41, 5.74) is 2.97. The van der Waals surface area contributed by atoms with Crippen LogP contribution in [0.1, 0.15) is 11.3 Å². The number of ether oxygens (including phenoxy) is 2. The van der Waals surface area contributed by atoms with E-state index < -0.39 is 0 Å². The number of rotatable bonds is 9. The highest BCUT2D eigenvalue weighted by Gasteiger charge is 2.42. The van der Waals surface area contributed by atoms with E-state index in [0.29, 0.717) is 45.4 Å². The van der Waals surface area contributed by atoms with E-state index in [1.54, 1.807) is 12.0 Å². The number of anilines is 2. The van der Waals surface area contributed by atoms with Crippen molar-refractivity contribution >= 4 is 39.8 Å². The predicted molar refractivity (Wildman–Crippen MR) is 172 cm³/mol. The molecule has 230 valence electrons. The minimum Gasteiger partial charge on any atom is -0.463 e. The summed E-state index contributed by atoms with van der Waals surface area (Å²) in [6.07, 6.45) is 2.07. The highest BCUT2D eigenvalue weighted by molar-refractivity contribution is 6.36. The van der Waals surface area contributed by atoms with Gasteiger partial charge in [0.15, 0.2) is 0 Å². The molecule has 10 nitrogen and oxygen atoms in total. The standard InChI is InChI=1S/C33H38ClN7O3/c1-5-29(42)41-15-14-40(17-24(41)16-35-2)31-25-12-13-39(28-11-7-9-23-8-6-10-26(34)30(23)28)18-27(25)36-32(37-31)44-22-33(21-43-4)19-38(3)20-33/h5-11,24H,1,12-22H2,3-4H3/t24-/m0/s1. The van der Waals surface area contributed by atoms with Crippen LogP contribution in [-0.2, 0) is 22.5 Å². The summed E-state index contributed by atoms with van der Waals surface area (Å²) < 4.78 is 11.9. The van der Waals surface area contributed by atoms with Gasteiger partial charge >= 0.3 is 6.01 Å². The summed E-state index contributed by atoms with van der Waals surface area (Å²) in [4.78, 5) is 34.7. The number of carbonyl (C=O) groups excluding carboxylic acids is 1. The second kappa shape index (κ2) is 12.6. The SMILES string of the molecule is [C-]#[N+]C[C@H]1CN(c2nc(OCC3(COC)CN(C)C3)nc3c2CCN(c2cccc4cccc(Cl)c24)C3)CCN1C(=O)C=C. The monoisotopic (exact) mass is 615 g/mol. The summed E-state index contributed by atoms with van der Waals surface area (Å²) in [6.45, 7) is 17.2. The number of aromatic nitrogens is 2. The Kier molecular flexibility index (Phi) is 8.63. The Morgan fingerprint density at radius 3 is 2.68 bits per heavy atom. The van der Waals surface area contributed by atoms with Gasteiger partial charge in [0.25, 0.3) is 0 Å². The van der Waals surface area contributed by atoms with E-state index in [-0.39, 0.29) is 23.9 Å². The van der Waals surface area contributed by atoms with Crippen molar-refractivity contribution < 1.29 is 14.3 Å². The molecule has 0 radical (unpaired) electrons. The average molecular weight is 616 g/mol. The lowest BCUT2D eigenvalue weighted by Gasteiger charge is -2.47. The van der Waals surface area contributed by atoms with E-state index in [4.69, 9.17) is 37.6 Å². The second-order valence-corrected chi connectivity index (χ2v) is 12.5. The molecule has 1 amide bonds. The molecule has 1 aromatic heterocycles. The van der Waals surface area contributed by atoms with Gasteiger partial charge in [0, 0.05) is 63.0 Å². The van der Waals surface area contributed by atoms with Gasteiger partial charge in [0.1, 0.15) is 18.5 Å². The fraction of sp³-hybridized carbons (Fsp3) is 0.455. The van der Waals surface area contributed by atoms with Crippen molar-refractivity contribution in [2.45, 2.75) is 19.0 Å². The number of fused-ring (bicyclic) bond motifs is 2. The maximum atomic E-state index is 12.6. The number of amides is 1. The Morgan fingerprint density at radius 2 is 1.95 bits per heavy atom.